The van der Waals surface area contributed by atoms with E-state index in [0.29, 0.717) is 11.1 Å². The molecule has 146 valence electrons. The van der Waals surface area contributed by atoms with E-state index in [1.807, 2.05) is 30.5 Å². The van der Waals surface area contributed by atoms with Crippen molar-refractivity contribution >= 4 is 28.2 Å². The van der Waals surface area contributed by atoms with Gasteiger partial charge in [-0.25, -0.2) is 0 Å². The third-order valence-electron chi connectivity index (χ3n) is 5.73. The van der Waals surface area contributed by atoms with Gasteiger partial charge in [-0.15, -0.1) is 0 Å². The summed E-state index contributed by atoms with van der Waals surface area (Å²) in [5, 5.41) is 5.38. The van der Waals surface area contributed by atoms with E-state index >= 15 is 0 Å². The van der Waals surface area contributed by atoms with E-state index in [1.54, 1.807) is 0 Å². The Morgan fingerprint density at radius 2 is 1.97 bits per heavy atom. The maximum absolute atomic E-state index is 6.17. The molecule has 1 unspecified atom stereocenters. The smallest absolute Gasteiger partial charge is 0.0738 e. The van der Waals surface area contributed by atoms with Gasteiger partial charge in [0.1, 0.15) is 0 Å². The highest BCUT2D eigenvalue weighted by Gasteiger charge is 2.23. The van der Waals surface area contributed by atoms with Crippen LogP contribution in [0.1, 0.15) is 30.1 Å². The van der Waals surface area contributed by atoms with Crippen LogP contribution in [0.25, 0.3) is 22.2 Å². The van der Waals surface area contributed by atoms with Gasteiger partial charge < -0.3 is 5.32 Å². The Hall–Kier alpha value is -2.82. The molecule has 1 aliphatic rings. The van der Waals surface area contributed by atoms with Crippen molar-refractivity contribution in [3.8, 4) is 11.3 Å². The van der Waals surface area contributed by atoms with E-state index in [0.717, 1.165) is 28.8 Å². The summed E-state index contributed by atoms with van der Waals surface area (Å²) >= 11 is 6.17. The minimum absolute atomic E-state index is 0.411. The number of hydrogen-bond acceptors (Lipinski definition) is 3. The number of rotatable bonds is 4. The highest BCUT2D eigenvalue weighted by atomic mass is 35.5. The first-order valence-electron chi connectivity index (χ1n) is 10.0. The van der Waals surface area contributed by atoms with Crippen molar-refractivity contribution in [2.24, 2.45) is 0 Å². The lowest BCUT2D eigenvalue weighted by Crippen LogP contribution is -2.16. The van der Waals surface area contributed by atoms with Crippen LogP contribution in [0.15, 0.2) is 66.9 Å². The predicted octanol–water partition coefficient (Wildman–Crippen LogP) is 5.96. The molecular weight excluding hydrogens is 380 g/mol. The molecule has 1 aliphatic heterocycles. The van der Waals surface area contributed by atoms with Crippen LogP contribution in [0.4, 0.5) is 5.69 Å². The second-order valence-electron chi connectivity index (χ2n) is 7.55. The lowest BCUT2D eigenvalue weighted by molar-refractivity contribution is 0.641. The largest absolute Gasteiger partial charge is 0.310 e. The van der Waals surface area contributed by atoms with Gasteiger partial charge in [0, 0.05) is 33.9 Å². The molecule has 1 atom stereocenters. The molecule has 4 nitrogen and oxygen atoms in total. The highest BCUT2D eigenvalue weighted by Crippen LogP contribution is 2.34. The van der Waals surface area contributed by atoms with Gasteiger partial charge >= 0.3 is 0 Å². The van der Waals surface area contributed by atoms with Crippen LogP contribution in [0.5, 0.6) is 0 Å². The highest BCUT2D eigenvalue weighted by molar-refractivity contribution is 6.31. The van der Waals surface area contributed by atoms with Gasteiger partial charge in [0.05, 0.1) is 16.9 Å². The van der Waals surface area contributed by atoms with Gasteiger partial charge in [-0.1, -0.05) is 41.9 Å². The molecule has 0 saturated carbocycles. The SMILES string of the molecule is Cc1c(C2CCCN2)cc(-c2ccccc2)n1Nc1ccnc2cc(Cl)ccc12. The van der Waals surface area contributed by atoms with Crippen molar-refractivity contribution in [1.82, 2.24) is 15.0 Å². The molecule has 1 saturated heterocycles. The molecule has 2 aromatic heterocycles. The summed E-state index contributed by atoms with van der Waals surface area (Å²) in [5.74, 6) is 0. The first-order valence-corrected chi connectivity index (χ1v) is 10.4. The topological polar surface area (TPSA) is 41.9 Å². The Balaban J connectivity index is 1.64. The Labute approximate surface area is 175 Å². The number of fused-ring (bicyclic) bond motifs is 1. The Bertz CT molecular complexity index is 1160. The van der Waals surface area contributed by atoms with Crippen molar-refractivity contribution in [3.05, 3.63) is 83.1 Å². The van der Waals surface area contributed by atoms with Crippen LogP contribution in [-0.2, 0) is 0 Å². The maximum atomic E-state index is 6.17. The van der Waals surface area contributed by atoms with Crippen molar-refractivity contribution in [2.45, 2.75) is 25.8 Å². The van der Waals surface area contributed by atoms with Crippen molar-refractivity contribution in [1.29, 1.82) is 0 Å². The average Bonchev–Trinajstić information content (AvgIpc) is 3.37. The average molecular weight is 403 g/mol. The summed E-state index contributed by atoms with van der Waals surface area (Å²) in [4.78, 5) is 4.47. The number of halogens is 1. The van der Waals surface area contributed by atoms with Gasteiger partial charge in [-0.2, -0.15) is 0 Å². The van der Waals surface area contributed by atoms with E-state index in [4.69, 9.17) is 11.6 Å². The molecule has 5 heteroatoms. The number of hydrogen-bond donors (Lipinski definition) is 2. The number of pyridine rings is 1. The molecule has 0 bridgehead atoms. The fourth-order valence-corrected chi connectivity index (χ4v) is 4.40. The molecule has 0 spiro atoms. The van der Waals surface area contributed by atoms with Crippen LogP contribution in [0.3, 0.4) is 0 Å². The van der Waals surface area contributed by atoms with Gasteiger partial charge in [0.2, 0.25) is 0 Å². The zero-order chi connectivity index (χ0) is 19.8. The second-order valence-corrected chi connectivity index (χ2v) is 7.99. The zero-order valence-corrected chi connectivity index (χ0v) is 17.1. The van der Waals surface area contributed by atoms with E-state index in [9.17, 15) is 0 Å². The monoisotopic (exact) mass is 402 g/mol. The van der Waals surface area contributed by atoms with Crippen LogP contribution in [0.2, 0.25) is 5.02 Å². The third kappa shape index (κ3) is 3.39. The molecule has 29 heavy (non-hydrogen) atoms. The van der Waals surface area contributed by atoms with Crippen molar-refractivity contribution in [3.63, 3.8) is 0 Å². The number of anilines is 1. The van der Waals surface area contributed by atoms with Gasteiger partial charge in [0.15, 0.2) is 0 Å². The standard InChI is InChI=1S/C24H23ClN4/c1-16-20(21-8-5-12-26-21)15-24(17-6-3-2-4-7-17)29(16)28-22-11-13-27-23-14-18(25)9-10-19(22)23/h2-4,6-7,9-11,13-15,21,26H,5,8,12H2,1H3,(H,27,28). The molecule has 1 fully saturated rings. The van der Waals surface area contributed by atoms with Crippen molar-refractivity contribution < 1.29 is 0 Å². The van der Waals surface area contributed by atoms with Crippen LogP contribution >= 0.6 is 11.6 Å². The molecule has 0 radical (unpaired) electrons. The molecule has 2 aromatic carbocycles. The van der Waals surface area contributed by atoms with Crippen LogP contribution < -0.4 is 10.7 Å². The Morgan fingerprint density at radius 1 is 1.10 bits per heavy atom. The van der Waals surface area contributed by atoms with Gasteiger partial charge in [-0.05, 0) is 62.2 Å². The maximum Gasteiger partial charge on any atom is 0.0738 e. The molecule has 0 amide bonds. The third-order valence-corrected chi connectivity index (χ3v) is 5.96. The normalized spacial score (nSPS) is 16.4. The van der Waals surface area contributed by atoms with E-state index in [2.05, 4.69) is 63.7 Å². The summed E-state index contributed by atoms with van der Waals surface area (Å²) < 4.78 is 2.20. The summed E-state index contributed by atoms with van der Waals surface area (Å²) in [6, 6.07) is 21.1. The minimum atomic E-state index is 0.411. The lowest BCUT2D eigenvalue weighted by atomic mass is 10.0. The van der Waals surface area contributed by atoms with Crippen LogP contribution in [-0.4, -0.2) is 16.2 Å². The second kappa shape index (κ2) is 7.54. The van der Waals surface area contributed by atoms with Crippen molar-refractivity contribution in [2.75, 3.05) is 12.0 Å². The minimum Gasteiger partial charge on any atom is -0.310 e. The molecule has 4 aromatic rings. The number of nitrogens with zero attached hydrogens (tertiary/aromatic N) is 2. The molecule has 5 rings (SSSR count). The fourth-order valence-electron chi connectivity index (χ4n) is 4.23. The number of benzene rings is 2. The fraction of sp³-hybridized carbons (Fsp3) is 0.208. The first kappa shape index (κ1) is 18.2. The summed E-state index contributed by atoms with van der Waals surface area (Å²) in [5.41, 5.74) is 10.5. The Kier molecular flexibility index (Phi) is 4.74. The summed E-state index contributed by atoms with van der Waals surface area (Å²) in [6.45, 7) is 3.27. The number of aromatic nitrogens is 2. The van der Waals surface area contributed by atoms with Gasteiger partial charge in [-0.3, -0.25) is 15.1 Å². The summed E-state index contributed by atoms with van der Waals surface area (Å²) in [7, 11) is 0. The first-order chi connectivity index (χ1) is 14.2. The quantitative estimate of drug-likeness (QED) is 0.442. The van der Waals surface area contributed by atoms with Crippen LogP contribution in [0, 0.1) is 6.92 Å². The summed E-state index contributed by atoms with van der Waals surface area (Å²) in [6.07, 6.45) is 4.22. The van der Waals surface area contributed by atoms with Gasteiger partial charge in [0.25, 0.3) is 0 Å². The van der Waals surface area contributed by atoms with E-state index in [1.165, 1.54) is 29.7 Å². The number of nitrogens with one attached hydrogen (secondary N) is 2. The van der Waals surface area contributed by atoms with E-state index in [-0.39, 0.29) is 0 Å². The zero-order valence-electron chi connectivity index (χ0n) is 16.3. The Morgan fingerprint density at radius 3 is 2.76 bits per heavy atom. The van der Waals surface area contributed by atoms with E-state index < -0.39 is 0 Å². The molecule has 2 N–H and O–H groups in total. The lowest BCUT2D eigenvalue weighted by Gasteiger charge is -2.17. The predicted molar refractivity (Wildman–Crippen MR) is 120 cm³/mol. The molecule has 0 aliphatic carbocycles. The molecular formula is C24H23ClN4. The molecule has 3 heterocycles.